The summed E-state index contributed by atoms with van der Waals surface area (Å²) >= 11 is 0. The lowest BCUT2D eigenvalue weighted by Crippen LogP contribution is -2.16. The highest BCUT2D eigenvalue weighted by Gasteiger charge is 2.20. The maximum Gasteiger partial charge on any atom is 0.466 e. The van der Waals surface area contributed by atoms with Crippen molar-refractivity contribution < 1.29 is 43.8 Å². The van der Waals surface area contributed by atoms with Gasteiger partial charge in [-0.25, -0.2) is 9.36 Å². The quantitative estimate of drug-likeness (QED) is 0.316. The second kappa shape index (κ2) is 11.0. The van der Waals surface area contributed by atoms with Gasteiger partial charge in [0.15, 0.2) is 0 Å². The zero-order valence-corrected chi connectivity index (χ0v) is 16.3. The van der Waals surface area contributed by atoms with E-state index in [-0.39, 0.29) is 28.9 Å². The van der Waals surface area contributed by atoms with Crippen LogP contribution in [0.3, 0.4) is 0 Å². The number of esters is 1. The summed E-state index contributed by atoms with van der Waals surface area (Å²) in [6.45, 7) is 1.77. The first kappa shape index (κ1) is 23.8. The number of carbonyl (C=O) groups excluding carboxylic acids is 2. The van der Waals surface area contributed by atoms with Gasteiger partial charge in [0.05, 0.1) is 6.10 Å². The second-order valence-electron chi connectivity index (χ2n) is 6.38. The minimum Gasteiger partial charge on any atom is -0.508 e. The van der Waals surface area contributed by atoms with Gasteiger partial charge in [-0.05, 0) is 44.2 Å². The molecular formula is C18H25O9P. The third kappa shape index (κ3) is 9.66. The van der Waals surface area contributed by atoms with Gasteiger partial charge in [0.25, 0.3) is 0 Å². The number of benzene rings is 1. The first-order valence-corrected chi connectivity index (χ1v) is 10.3. The third-order valence-corrected chi connectivity index (χ3v) is 3.84. The molecule has 1 aromatic rings. The van der Waals surface area contributed by atoms with E-state index in [1.165, 1.54) is 6.07 Å². The van der Waals surface area contributed by atoms with Crippen LogP contribution in [0.5, 0.6) is 11.5 Å². The molecule has 0 saturated carbocycles. The lowest BCUT2D eigenvalue weighted by molar-refractivity contribution is -0.119. The number of phenols is 2. The molecule has 1 aliphatic rings. The molecule has 156 valence electrons. The fraction of sp³-hybridized carbons (Fsp3) is 0.444. The van der Waals surface area contributed by atoms with Crippen molar-refractivity contribution in [2.24, 2.45) is 0 Å². The highest BCUT2D eigenvalue weighted by molar-refractivity contribution is 7.45. The van der Waals surface area contributed by atoms with Crippen LogP contribution in [0.2, 0.25) is 0 Å². The SMILES string of the molecule is C[C@H]1CCCC(=O)CCC/C=C/c2cc(O)cc(O)c2C(=O)O1.O=P(O)(O)O. The van der Waals surface area contributed by atoms with E-state index in [9.17, 15) is 19.8 Å². The number of rotatable bonds is 0. The van der Waals surface area contributed by atoms with E-state index in [0.717, 1.165) is 12.5 Å². The Morgan fingerprint density at radius 3 is 2.32 bits per heavy atom. The van der Waals surface area contributed by atoms with E-state index in [2.05, 4.69) is 0 Å². The van der Waals surface area contributed by atoms with Gasteiger partial charge in [0, 0.05) is 18.9 Å². The molecule has 0 aliphatic carbocycles. The van der Waals surface area contributed by atoms with Crippen LogP contribution >= 0.6 is 7.82 Å². The number of phosphoric acid groups is 1. The fourth-order valence-electron chi connectivity index (χ4n) is 2.63. The van der Waals surface area contributed by atoms with Crippen molar-refractivity contribution in [1.82, 2.24) is 0 Å². The van der Waals surface area contributed by atoms with Crippen molar-refractivity contribution in [3.63, 3.8) is 0 Å². The Labute approximate surface area is 162 Å². The maximum absolute atomic E-state index is 12.3. The number of ketones is 1. The van der Waals surface area contributed by atoms with Crippen LogP contribution in [0, 0.1) is 0 Å². The number of ether oxygens (including phenoxy) is 1. The van der Waals surface area contributed by atoms with E-state index >= 15 is 0 Å². The predicted molar refractivity (Wildman–Crippen MR) is 101 cm³/mol. The molecule has 9 nitrogen and oxygen atoms in total. The van der Waals surface area contributed by atoms with Gasteiger partial charge < -0.3 is 29.6 Å². The van der Waals surface area contributed by atoms with Crippen LogP contribution in [0.15, 0.2) is 18.2 Å². The summed E-state index contributed by atoms with van der Waals surface area (Å²) in [6, 6.07) is 2.54. The molecular weight excluding hydrogens is 391 g/mol. The maximum atomic E-state index is 12.3. The molecule has 0 amide bonds. The number of carbonyl (C=O) groups is 2. The Morgan fingerprint density at radius 2 is 1.68 bits per heavy atom. The lowest BCUT2D eigenvalue weighted by Gasteiger charge is -2.15. The highest BCUT2D eigenvalue weighted by Crippen LogP contribution is 2.30. The molecule has 1 heterocycles. The largest absolute Gasteiger partial charge is 0.508 e. The van der Waals surface area contributed by atoms with E-state index in [0.29, 0.717) is 37.7 Å². The Balaban J connectivity index is 0.000000696. The minimum atomic E-state index is -4.64. The van der Waals surface area contributed by atoms with Crippen LogP contribution in [0.4, 0.5) is 0 Å². The summed E-state index contributed by atoms with van der Waals surface area (Å²) in [6.07, 6.45) is 6.90. The van der Waals surface area contributed by atoms with E-state index in [4.69, 9.17) is 24.0 Å². The number of Topliss-reactive ketones (excluding diaryl/α,β-unsaturated/α-hetero) is 1. The van der Waals surface area contributed by atoms with Crippen molar-refractivity contribution >= 4 is 25.7 Å². The average Bonchev–Trinajstić information content (AvgIpc) is 2.51. The van der Waals surface area contributed by atoms with Crippen LogP contribution in [-0.4, -0.2) is 42.7 Å². The van der Waals surface area contributed by atoms with Crippen molar-refractivity contribution in [2.75, 3.05) is 0 Å². The molecule has 0 radical (unpaired) electrons. The summed E-state index contributed by atoms with van der Waals surface area (Å²) in [7, 11) is -4.64. The molecule has 0 fully saturated rings. The lowest BCUT2D eigenvalue weighted by atomic mass is 10.0. The third-order valence-electron chi connectivity index (χ3n) is 3.84. The van der Waals surface area contributed by atoms with Crippen molar-refractivity contribution in [1.29, 1.82) is 0 Å². The van der Waals surface area contributed by atoms with Gasteiger partial charge in [0.2, 0.25) is 0 Å². The molecule has 1 aliphatic heterocycles. The highest BCUT2D eigenvalue weighted by atomic mass is 31.2. The molecule has 5 N–H and O–H groups in total. The number of aromatic hydroxyl groups is 2. The summed E-state index contributed by atoms with van der Waals surface area (Å²) in [5.74, 6) is -0.824. The molecule has 0 saturated heterocycles. The zero-order valence-electron chi connectivity index (χ0n) is 15.4. The molecule has 10 heteroatoms. The zero-order chi connectivity index (χ0) is 21.3. The van der Waals surface area contributed by atoms with Gasteiger partial charge in [-0.15, -0.1) is 0 Å². The first-order chi connectivity index (χ1) is 13.0. The number of hydrogen-bond acceptors (Lipinski definition) is 6. The molecule has 28 heavy (non-hydrogen) atoms. The van der Waals surface area contributed by atoms with E-state index in [1.54, 1.807) is 13.0 Å². The number of hydrogen-bond donors (Lipinski definition) is 5. The monoisotopic (exact) mass is 416 g/mol. The van der Waals surface area contributed by atoms with Crippen LogP contribution < -0.4 is 0 Å². The standard InChI is InChI=1S/C18H22O5.H3O4P/c1-12-6-5-9-14(19)8-4-2-3-7-13-10-15(20)11-16(21)17(13)18(22)23-12;1-5(2,3)4/h3,7,10-12,20-21H,2,4-6,8-9H2,1H3;(H3,1,2,3,4)/b7-3+;/t12-;/m0./s1. The molecule has 1 aromatic carbocycles. The Kier molecular flexibility index (Phi) is 9.34. The van der Waals surface area contributed by atoms with Crippen molar-refractivity contribution in [3.8, 4) is 11.5 Å². The van der Waals surface area contributed by atoms with Gasteiger partial charge in [0.1, 0.15) is 22.8 Å². The smallest absolute Gasteiger partial charge is 0.466 e. The number of cyclic esters (lactones) is 1. The molecule has 2 rings (SSSR count). The van der Waals surface area contributed by atoms with Gasteiger partial charge in [-0.2, -0.15) is 0 Å². The summed E-state index contributed by atoms with van der Waals surface area (Å²) in [4.78, 5) is 45.6. The minimum absolute atomic E-state index is 0.0547. The summed E-state index contributed by atoms with van der Waals surface area (Å²) in [5, 5.41) is 19.6. The van der Waals surface area contributed by atoms with Crippen LogP contribution in [0.25, 0.3) is 6.08 Å². The molecule has 0 bridgehead atoms. The van der Waals surface area contributed by atoms with Crippen LogP contribution in [0.1, 0.15) is 61.4 Å². The predicted octanol–water partition coefficient (Wildman–Crippen LogP) is 2.65. The number of fused-ring (bicyclic) bond motifs is 1. The normalized spacial score (nSPS) is 20.1. The van der Waals surface area contributed by atoms with Gasteiger partial charge in [-0.3, -0.25) is 4.79 Å². The van der Waals surface area contributed by atoms with E-state index < -0.39 is 13.8 Å². The molecule has 0 spiro atoms. The van der Waals surface area contributed by atoms with E-state index in [1.807, 2.05) is 6.08 Å². The topological polar surface area (TPSA) is 162 Å². The summed E-state index contributed by atoms with van der Waals surface area (Å²) in [5.41, 5.74) is 0.460. The second-order valence-corrected chi connectivity index (χ2v) is 7.41. The Bertz CT molecular complexity index is 758. The Hall–Kier alpha value is -2.19. The Morgan fingerprint density at radius 1 is 1.07 bits per heavy atom. The number of allylic oxidation sites excluding steroid dienone is 1. The van der Waals surface area contributed by atoms with Gasteiger partial charge >= 0.3 is 13.8 Å². The fourth-order valence-corrected chi connectivity index (χ4v) is 2.63. The summed E-state index contributed by atoms with van der Waals surface area (Å²) < 4.78 is 14.2. The average molecular weight is 416 g/mol. The number of phenolic OH excluding ortho intramolecular Hbond substituents is 2. The molecule has 0 unspecified atom stereocenters. The van der Waals surface area contributed by atoms with Gasteiger partial charge in [-0.1, -0.05) is 12.2 Å². The van der Waals surface area contributed by atoms with Crippen LogP contribution in [-0.2, 0) is 14.1 Å². The first-order valence-electron chi connectivity index (χ1n) is 8.71. The molecule has 0 aromatic heterocycles. The van der Waals surface area contributed by atoms with Crippen molar-refractivity contribution in [2.45, 2.75) is 51.6 Å². The molecule has 1 atom stereocenters. The van der Waals surface area contributed by atoms with Crippen molar-refractivity contribution in [3.05, 3.63) is 29.3 Å².